The SMILES string of the molecule is CCOC(=O)[C@H]1[C@H]2C(=O)N([C@@H](CO)[C@@H](C)CC)C(C(=O)Nc3ccc(Cl)cc3)C23CC[C@]1(CC)O3. The fraction of sp³-hybridized carbons (Fsp3) is 0.654. The van der Waals surface area contributed by atoms with Crippen LogP contribution in [0.3, 0.4) is 0 Å². The Morgan fingerprint density at radius 2 is 1.94 bits per heavy atom. The lowest BCUT2D eigenvalue weighted by Gasteiger charge is -2.39. The van der Waals surface area contributed by atoms with E-state index < -0.39 is 47.0 Å². The van der Waals surface area contributed by atoms with E-state index in [1.165, 1.54) is 4.90 Å². The maximum absolute atomic E-state index is 14.1. The Bertz CT molecular complexity index is 987. The molecular weight excluding hydrogens is 472 g/mol. The van der Waals surface area contributed by atoms with E-state index in [4.69, 9.17) is 21.1 Å². The number of aliphatic hydroxyl groups excluding tert-OH is 1. The lowest BCUT2D eigenvalue weighted by molar-refractivity contribution is -0.162. The lowest BCUT2D eigenvalue weighted by Crippen LogP contribution is -2.57. The molecule has 3 aliphatic heterocycles. The fourth-order valence-electron chi connectivity index (χ4n) is 6.46. The molecule has 8 nitrogen and oxygen atoms in total. The molecule has 2 bridgehead atoms. The van der Waals surface area contributed by atoms with Gasteiger partial charge in [0.05, 0.1) is 30.8 Å². The monoisotopic (exact) mass is 506 g/mol. The van der Waals surface area contributed by atoms with Crippen LogP contribution in [-0.4, -0.2) is 64.3 Å². The first-order valence-corrected chi connectivity index (χ1v) is 12.9. The molecule has 0 aliphatic carbocycles. The van der Waals surface area contributed by atoms with E-state index in [1.807, 2.05) is 20.8 Å². The molecule has 2 unspecified atom stereocenters. The minimum Gasteiger partial charge on any atom is -0.466 e. The van der Waals surface area contributed by atoms with Crippen molar-refractivity contribution in [2.45, 2.75) is 76.7 Å². The van der Waals surface area contributed by atoms with E-state index in [2.05, 4.69) is 5.32 Å². The van der Waals surface area contributed by atoms with Crippen molar-refractivity contribution < 1.29 is 29.0 Å². The molecular formula is C26H35ClN2O6. The number of aliphatic hydroxyl groups is 1. The number of likely N-dealkylation sites (tertiary alicyclic amines) is 1. The van der Waals surface area contributed by atoms with Gasteiger partial charge in [-0.25, -0.2) is 0 Å². The fourth-order valence-corrected chi connectivity index (χ4v) is 6.59. The molecule has 4 rings (SSSR count). The van der Waals surface area contributed by atoms with Crippen LogP contribution in [0.2, 0.25) is 5.02 Å². The molecule has 1 spiro atoms. The molecule has 7 atom stereocenters. The number of fused-ring (bicyclic) bond motifs is 1. The molecule has 1 aromatic carbocycles. The summed E-state index contributed by atoms with van der Waals surface area (Å²) >= 11 is 6.00. The second-order valence-electron chi connectivity index (χ2n) is 9.96. The third-order valence-corrected chi connectivity index (χ3v) is 8.62. The number of anilines is 1. The molecule has 192 valence electrons. The van der Waals surface area contributed by atoms with E-state index >= 15 is 0 Å². The van der Waals surface area contributed by atoms with Gasteiger partial charge in [0, 0.05) is 10.7 Å². The number of rotatable bonds is 9. The van der Waals surface area contributed by atoms with Crippen molar-refractivity contribution in [3.8, 4) is 0 Å². The van der Waals surface area contributed by atoms with E-state index in [0.717, 1.165) is 0 Å². The van der Waals surface area contributed by atoms with Crippen LogP contribution in [0.4, 0.5) is 5.69 Å². The van der Waals surface area contributed by atoms with Crippen molar-refractivity contribution in [1.29, 1.82) is 0 Å². The van der Waals surface area contributed by atoms with Crippen LogP contribution in [0.25, 0.3) is 0 Å². The van der Waals surface area contributed by atoms with E-state index in [0.29, 0.717) is 36.4 Å². The number of nitrogens with one attached hydrogen (secondary N) is 1. The van der Waals surface area contributed by atoms with Gasteiger partial charge in [0.25, 0.3) is 0 Å². The van der Waals surface area contributed by atoms with Gasteiger partial charge >= 0.3 is 5.97 Å². The van der Waals surface area contributed by atoms with Crippen LogP contribution in [-0.2, 0) is 23.9 Å². The van der Waals surface area contributed by atoms with Crippen LogP contribution >= 0.6 is 11.6 Å². The van der Waals surface area contributed by atoms with Crippen LogP contribution in [0.5, 0.6) is 0 Å². The van der Waals surface area contributed by atoms with Gasteiger partial charge < -0.3 is 24.8 Å². The van der Waals surface area contributed by atoms with Crippen LogP contribution in [0.1, 0.15) is 53.4 Å². The molecule has 1 aromatic rings. The van der Waals surface area contributed by atoms with Gasteiger partial charge in [0.1, 0.15) is 17.6 Å². The number of carbonyl (C=O) groups excluding carboxylic acids is 3. The number of halogens is 1. The van der Waals surface area contributed by atoms with Crippen molar-refractivity contribution in [2.24, 2.45) is 17.8 Å². The summed E-state index contributed by atoms with van der Waals surface area (Å²) in [4.78, 5) is 42.7. The summed E-state index contributed by atoms with van der Waals surface area (Å²) in [7, 11) is 0. The zero-order valence-corrected chi connectivity index (χ0v) is 21.5. The Kier molecular flexibility index (Phi) is 7.19. The number of carbonyl (C=O) groups is 3. The summed E-state index contributed by atoms with van der Waals surface area (Å²) in [5, 5.41) is 13.8. The van der Waals surface area contributed by atoms with Crippen molar-refractivity contribution in [2.75, 3.05) is 18.5 Å². The van der Waals surface area contributed by atoms with E-state index in [1.54, 1.807) is 31.2 Å². The number of amides is 2. The van der Waals surface area contributed by atoms with Gasteiger partial charge in [-0.15, -0.1) is 0 Å². The molecule has 2 N–H and O–H groups in total. The number of hydrogen-bond acceptors (Lipinski definition) is 6. The molecule has 3 heterocycles. The Morgan fingerprint density at radius 1 is 1.26 bits per heavy atom. The van der Waals surface area contributed by atoms with Gasteiger partial charge in [0.2, 0.25) is 11.8 Å². The number of esters is 1. The molecule has 3 saturated heterocycles. The number of ether oxygens (including phenoxy) is 2. The topological polar surface area (TPSA) is 105 Å². The van der Waals surface area contributed by atoms with Gasteiger partial charge in [-0.05, 0) is 56.4 Å². The molecule has 0 aromatic heterocycles. The largest absolute Gasteiger partial charge is 0.466 e. The molecule has 9 heteroatoms. The second kappa shape index (κ2) is 9.71. The minimum absolute atomic E-state index is 0.0663. The first-order chi connectivity index (χ1) is 16.7. The highest BCUT2D eigenvalue weighted by Gasteiger charge is 2.79. The van der Waals surface area contributed by atoms with Crippen LogP contribution in [0, 0.1) is 17.8 Å². The highest BCUT2D eigenvalue weighted by atomic mass is 35.5. The molecule has 0 saturated carbocycles. The summed E-state index contributed by atoms with van der Waals surface area (Å²) in [6.07, 6.45) is 2.27. The Balaban J connectivity index is 1.80. The number of benzene rings is 1. The predicted octanol–water partition coefficient (Wildman–Crippen LogP) is 3.40. The van der Waals surface area contributed by atoms with Crippen molar-refractivity contribution in [1.82, 2.24) is 4.90 Å². The summed E-state index contributed by atoms with van der Waals surface area (Å²) in [5.74, 6) is -2.88. The molecule has 3 aliphatic rings. The maximum Gasteiger partial charge on any atom is 0.312 e. The maximum atomic E-state index is 14.1. The molecule has 2 amide bonds. The van der Waals surface area contributed by atoms with Crippen molar-refractivity contribution in [3.63, 3.8) is 0 Å². The number of hydrogen-bond donors (Lipinski definition) is 2. The summed E-state index contributed by atoms with van der Waals surface area (Å²) < 4.78 is 12.1. The minimum atomic E-state index is -1.16. The van der Waals surface area contributed by atoms with Crippen LogP contribution in [0.15, 0.2) is 24.3 Å². The van der Waals surface area contributed by atoms with Crippen LogP contribution < -0.4 is 5.32 Å². The highest BCUT2D eigenvalue weighted by molar-refractivity contribution is 6.30. The first kappa shape index (κ1) is 25.9. The molecule has 35 heavy (non-hydrogen) atoms. The third kappa shape index (κ3) is 3.94. The molecule has 0 radical (unpaired) electrons. The summed E-state index contributed by atoms with van der Waals surface area (Å²) in [6, 6.07) is 5.15. The Morgan fingerprint density at radius 3 is 2.51 bits per heavy atom. The standard InChI is InChI=1S/C26H35ClN2O6/c1-5-15(4)18(14-30)29-21(22(31)28-17-10-8-16(27)9-11-17)26-13-12-25(6-2,35-26)20(19(26)23(29)32)24(33)34-7-3/h8-11,15,18-21,30H,5-7,12-14H2,1-4H3,(H,28,31)/t15-,18-,19-,20+,21?,25-,26?/m0/s1. The average molecular weight is 507 g/mol. The third-order valence-electron chi connectivity index (χ3n) is 8.36. The Labute approximate surface area is 211 Å². The summed E-state index contributed by atoms with van der Waals surface area (Å²) in [6.45, 7) is 7.49. The highest BCUT2D eigenvalue weighted by Crippen LogP contribution is 2.65. The van der Waals surface area contributed by atoms with Gasteiger partial charge in [0.15, 0.2) is 0 Å². The second-order valence-corrected chi connectivity index (χ2v) is 10.4. The lowest BCUT2D eigenvalue weighted by atomic mass is 9.65. The van der Waals surface area contributed by atoms with Gasteiger partial charge in [-0.1, -0.05) is 38.8 Å². The summed E-state index contributed by atoms with van der Waals surface area (Å²) in [5.41, 5.74) is -1.47. The normalized spacial score (nSPS) is 32.9. The average Bonchev–Trinajstić information content (AvgIpc) is 3.45. The van der Waals surface area contributed by atoms with Gasteiger partial charge in [-0.3, -0.25) is 14.4 Å². The van der Waals surface area contributed by atoms with Gasteiger partial charge in [-0.2, -0.15) is 0 Å². The zero-order valence-electron chi connectivity index (χ0n) is 20.8. The molecule has 3 fully saturated rings. The van der Waals surface area contributed by atoms with Crippen molar-refractivity contribution >= 4 is 35.1 Å². The van der Waals surface area contributed by atoms with E-state index in [9.17, 15) is 19.5 Å². The van der Waals surface area contributed by atoms with E-state index in [-0.39, 0.29) is 25.0 Å². The van der Waals surface area contributed by atoms with Crippen molar-refractivity contribution in [3.05, 3.63) is 29.3 Å². The predicted molar refractivity (Wildman–Crippen MR) is 131 cm³/mol. The number of nitrogens with zero attached hydrogens (tertiary/aromatic N) is 1. The zero-order chi connectivity index (χ0) is 25.5. The smallest absolute Gasteiger partial charge is 0.312 e. The Hall–Kier alpha value is -2.16. The first-order valence-electron chi connectivity index (χ1n) is 12.6. The quantitative estimate of drug-likeness (QED) is 0.497.